The second-order valence-corrected chi connectivity index (χ2v) is 5.12. The molecule has 0 saturated carbocycles. The van der Waals surface area contributed by atoms with E-state index in [-0.39, 0.29) is 11.6 Å². The van der Waals surface area contributed by atoms with Gasteiger partial charge in [0, 0.05) is 35.7 Å². The Kier molecular flexibility index (Phi) is 3.55. The molecule has 0 aliphatic rings. The van der Waals surface area contributed by atoms with Crippen LogP contribution in [0.25, 0.3) is 34.4 Å². The van der Waals surface area contributed by atoms with Gasteiger partial charge in [-0.1, -0.05) is 12.1 Å². The molecule has 25 heavy (non-hydrogen) atoms. The third kappa shape index (κ3) is 2.88. The molecular weight excluding hydrogens is 324 g/mol. The van der Waals surface area contributed by atoms with Crippen molar-refractivity contribution < 1.29 is 13.8 Å². The van der Waals surface area contributed by atoms with E-state index in [1.807, 2.05) is 0 Å². The Hall–Kier alpha value is -3.81. The normalized spacial score (nSPS) is 10.7. The molecule has 3 aromatic heterocycles. The van der Waals surface area contributed by atoms with E-state index in [0.717, 1.165) is 5.56 Å². The Morgan fingerprint density at radius 1 is 0.840 bits per heavy atom. The van der Waals surface area contributed by atoms with E-state index >= 15 is 0 Å². The van der Waals surface area contributed by atoms with Crippen molar-refractivity contribution >= 4 is 5.69 Å². The van der Waals surface area contributed by atoms with Gasteiger partial charge in [0.05, 0.1) is 4.92 Å². The van der Waals surface area contributed by atoms with Crippen LogP contribution in [0, 0.1) is 10.1 Å². The third-order valence-electron chi connectivity index (χ3n) is 3.51. The smallest absolute Gasteiger partial charge is 0.283 e. The van der Waals surface area contributed by atoms with Gasteiger partial charge in [0.15, 0.2) is 5.76 Å². The summed E-state index contributed by atoms with van der Waals surface area (Å²) in [5, 5.41) is 18.9. The molecule has 0 amide bonds. The predicted molar refractivity (Wildman–Crippen MR) is 87.3 cm³/mol. The van der Waals surface area contributed by atoms with Crippen LogP contribution in [0.4, 0.5) is 5.69 Å². The van der Waals surface area contributed by atoms with E-state index in [9.17, 15) is 10.1 Å². The van der Waals surface area contributed by atoms with Crippen molar-refractivity contribution in [3.63, 3.8) is 0 Å². The summed E-state index contributed by atoms with van der Waals surface area (Å²) in [6, 6.07) is 13.1. The molecule has 0 unspecified atom stereocenters. The number of rotatable bonds is 4. The van der Waals surface area contributed by atoms with Gasteiger partial charge in [0.25, 0.3) is 11.6 Å². The van der Waals surface area contributed by atoms with Gasteiger partial charge in [-0.3, -0.25) is 15.1 Å². The van der Waals surface area contributed by atoms with Crippen LogP contribution in [0.5, 0.6) is 0 Å². The maximum atomic E-state index is 10.9. The number of non-ortho nitro benzene ring substituents is 1. The standard InChI is InChI=1S/C17H10N4O4/c22-21(23)13-3-1-2-12(10-13)14-4-5-15(24-14)17-20-19-16(25-17)11-6-8-18-9-7-11/h1-10H. The summed E-state index contributed by atoms with van der Waals surface area (Å²) in [5.41, 5.74) is 1.33. The molecule has 0 bridgehead atoms. The van der Waals surface area contributed by atoms with E-state index in [1.54, 1.807) is 48.8 Å². The molecule has 8 heteroatoms. The molecular formula is C17H10N4O4. The van der Waals surface area contributed by atoms with Gasteiger partial charge >= 0.3 is 0 Å². The van der Waals surface area contributed by atoms with Crippen LogP contribution in [0.1, 0.15) is 0 Å². The SMILES string of the molecule is O=[N+]([O-])c1cccc(-c2ccc(-c3nnc(-c4ccncc4)o3)o2)c1. The number of nitro groups is 1. The Bertz CT molecular complexity index is 1040. The number of furan rings is 1. The lowest BCUT2D eigenvalue weighted by atomic mass is 10.1. The lowest BCUT2D eigenvalue weighted by molar-refractivity contribution is -0.384. The van der Waals surface area contributed by atoms with Gasteiger partial charge in [-0.2, -0.15) is 0 Å². The first kappa shape index (κ1) is 14.8. The van der Waals surface area contributed by atoms with Crippen LogP contribution in [-0.4, -0.2) is 20.1 Å². The number of hydrogen-bond donors (Lipinski definition) is 0. The Labute approximate surface area is 140 Å². The lowest BCUT2D eigenvalue weighted by Crippen LogP contribution is -1.87. The summed E-state index contributed by atoms with van der Waals surface area (Å²) in [6.45, 7) is 0. The van der Waals surface area contributed by atoms with Gasteiger partial charge in [-0.25, -0.2) is 0 Å². The molecule has 3 heterocycles. The first-order valence-corrected chi connectivity index (χ1v) is 7.29. The molecule has 0 spiro atoms. The van der Waals surface area contributed by atoms with Gasteiger partial charge in [0.2, 0.25) is 5.89 Å². The number of pyridine rings is 1. The summed E-state index contributed by atoms with van der Waals surface area (Å²) >= 11 is 0. The number of nitrogens with zero attached hydrogens (tertiary/aromatic N) is 4. The van der Waals surface area contributed by atoms with E-state index in [4.69, 9.17) is 8.83 Å². The molecule has 4 aromatic rings. The molecule has 0 N–H and O–H groups in total. The summed E-state index contributed by atoms with van der Waals surface area (Å²) < 4.78 is 11.3. The molecule has 0 atom stereocenters. The Balaban J connectivity index is 1.65. The summed E-state index contributed by atoms with van der Waals surface area (Å²) in [7, 11) is 0. The summed E-state index contributed by atoms with van der Waals surface area (Å²) in [6.07, 6.45) is 3.26. The average Bonchev–Trinajstić information content (AvgIpc) is 3.32. The van der Waals surface area contributed by atoms with E-state index in [2.05, 4.69) is 15.2 Å². The number of aromatic nitrogens is 3. The molecule has 0 aliphatic carbocycles. The van der Waals surface area contributed by atoms with Crippen molar-refractivity contribution in [3.8, 4) is 34.4 Å². The minimum atomic E-state index is -0.452. The van der Waals surface area contributed by atoms with Crippen molar-refractivity contribution in [2.45, 2.75) is 0 Å². The van der Waals surface area contributed by atoms with E-state index < -0.39 is 4.92 Å². The molecule has 4 rings (SSSR count). The van der Waals surface area contributed by atoms with Crippen molar-refractivity contribution in [2.24, 2.45) is 0 Å². The maximum Gasteiger partial charge on any atom is 0.283 e. The van der Waals surface area contributed by atoms with Crippen molar-refractivity contribution in [1.29, 1.82) is 0 Å². The van der Waals surface area contributed by atoms with Gasteiger partial charge in [-0.15, -0.1) is 10.2 Å². The average molecular weight is 334 g/mol. The number of benzene rings is 1. The number of nitro benzene ring substituents is 1. The Morgan fingerprint density at radius 3 is 2.40 bits per heavy atom. The highest BCUT2D eigenvalue weighted by molar-refractivity contribution is 5.64. The van der Waals surface area contributed by atoms with E-state index in [0.29, 0.717) is 23.0 Å². The van der Waals surface area contributed by atoms with Gasteiger partial charge in [-0.05, 0) is 24.3 Å². The highest BCUT2D eigenvalue weighted by Gasteiger charge is 2.16. The quantitative estimate of drug-likeness (QED) is 0.410. The molecule has 122 valence electrons. The van der Waals surface area contributed by atoms with Crippen LogP contribution in [0.3, 0.4) is 0 Å². The summed E-state index contributed by atoms with van der Waals surface area (Å²) in [5.74, 6) is 1.44. The largest absolute Gasteiger partial charge is 0.451 e. The topological polar surface area (TPSA) is 108 Å². The lowest BCUT2D eigenvalue weighted by Gasteiger charge is -1.97. The molecule has 8 nitrogen and oxygen atoms in total. The predicted octanol–water partition coefficient (Wildman–Crippen LogP) is 3.97. The second kappa shape index (κ2) is 6.00. The van der Waals surface area contributed by atoms with Gasteiger partial charge < -0.3 is 8.83 Å². The van der Waals surface area contributed by atoms with Crippen LogP contribution in [0.15, 0.2) is 69.8 Å². The van der Waals surface area contributed by atoms with Crippen LogP contribution in [-0.2, 0) is 0 Å². The molecule has 0 fully saturated rings. The minimum absolute atomic E-state index is 0.00628. The zero-order chi connectivity index (χ0) is 17.2. The van der Waals surface area contributed by atoms with Crippen molar-refractivity contribution in [2.75, 3.05) is 0 Å². The fourth-order valence-electron chi connectivity index (χ4n) is 2.31. The first-order chi connectivity index (χ1) is 12.2. The highest BCUT2D eigenvalue weighted by atomic mass is 16.6. The monoisotopic (exact) mass is 334 g/mol. The zero-order valence-corrected chi connectivity index (χ0v) is 12.7. The van der Waals surface area contributed by atoms with Crippen molar-refractivity contribution in [1.82, 2.24) is 15.2 Å². The van der Waals surface area contributed by atoms with E-state index in [1.165, 1.54) is 12.1 Å². The fraction of sp³-hybridized carbons (Fsp3) is 0. The van der Waals surface area contributed by atoms with Crippen LogP contribution >= 0.6 is 0 Å². The van der Waals surface area contributed by atoms with Crippen LogP contribution in [0.2, 0.25) is 0 Å². The highest BCUT2D eigenvalue weighted by Crippen LogP contribution is 2.30. The third-order valence-corrected chi connectivity index (χ3v) is 3.51. The molecule has 1 aromatic carbocycles. The van der Waals surface area contributed by atoms with Crippen LogP contribution < -0.4 is 0 Å². The minimum Gasteiger partial charge on any atom is -0.451 e. The van der Waals surface area contributed by atoms with Gasteiger partial charge in [0.1, 0.15) is 5.76 Å². The zero-order valence-electron chi connectivity index (χ0n) is 12.7. The fourth-order valence-corrected chi connectivity index (χ4v) is 2.31. The number of hydrogen-bond acceptors (Lipinski definition) is 7. The second-order valence-electron chi connectivity index (χ2n) is 5.12. The Morgan fingerprint density at radius 2 is 1.60 bits per heavy atom. The van der Waals surface area contributed by atoms with Crippen molar-refractivity contribution in [3.05, 3.63) is 71.0 Å². The molecule has 0 radical (unpaired) electrons. The molecule has 0 aliphatic heterocycles. The summed E-state index contributed by atoms with van der Waals surface area (Å²) in [4.78, 5) is 14.4. The molecule has 0 saturated heterocycles. The maximum absolute atomic E-state index is 10.9. The first-order valence-electron chi connectivity index (χ1n) is 7.29.